The van der Waals surface area contributed by atoms with Crippen molar-refractivity contribution >= 4 is 40.9 Å². The molecular formula is C22H18ClNO2S2. The Bertz CT molecular complexity index is 916. The number of thioether (sulfide) groups is 1. The summed E-state index contributed by atoms with van der Waals surface area (Å²) in [4.78, 5) is 27.0. The minimum absolute atomic E-state index is 0.233. The van der Waals surface area contributed by atoms with E-state index in [1.54, 1.807) is 35.7 Å². The van der Waals surface area contributed by atoms with Crippen LogP contribution in [-0.4, -0.2) is 17.6 Å². The minimum atomic E-state index is -0.868. The minimum Gasteiger partial charge on any atom is -0.292 e. The van der Waals surface area contributed by atoms with Gasteiger partial charge in [-0.3, -0.25) is 4.79 Å². The number of ketones is 1. The molecule has 0 spiro atoms. The fraction of sp³-hybridized carbons (Fsp3) is 0.136. The Kier molecular flexibility index (Phi) is 7.71. The van der Waals surface area contributed by atoms with Gasteiger partial charge in [0.15, 0.2) is 11.8 Å². The molecule has 3 aromatic carbocycles. The first-order valence-electron chi connectivity index (χ1n) is 8.74. The van der Waals surface area contributed by atoms with Crippen LogP contribution in [0.3, 0.4) is 0 Å². The van der Waals surface area contributed by atoms with E-state index in [-0.39, 0.29) is 5.78 Å². The van der Waals surface area contributed by atoms with Crippen molar-refractivity contribution in [1.29, 1.82) is 0 Å². The van der Waals surface area contributed by atoms with Crippen molar-refractivity contribution in [3.63, 3.8) is 0 Å². The van der Waals surface area contributed by atoms with E-state index in [1.807, 2.05) is 66.7 Å². The molecule has 0 radical (unpaired) electrons. The molecule has 0 saturated heterocycles. The Balaban J connectivity index is 1.56. The van der Waals surface area contributed by atoms with Crippen LogP contribution in [0.2, 0.25) is 5.02 Å². The Morgan fingerprint density at radius 1 is 0.857 bits per heavy atom. The summed E-state index contributed by atoms with van der Waals surface area (Å²) in [6.45, 7) is 0. The molecule has 1 unspecified atom stereocenters. The molecule has 0 fully saturated rings. The molecule has 3 aromatic rings. The van der Waals surface area contributed by atoms with Crippen molar-refractivity contribution in [1.82, 2.24) is 0 Å². The van der Waals surface area contributed by atoms with E-state index < -0.39 is 6.04 Å². The SMILES string of the molecule is O=NC(CCSc1ccc(Cl)cc1)C(=O)c1ccc(Sc2ccccc2)cc1. The second-order valence-corrected chi connectivity index (χ2v) is 8.77. The van der Waals surface area contributed by atoms with Crippen LogP contribution in [0.15, 0.2) is 98.7 Å². The summed E-state index contributed by atoms with van der Waals surface area (Å²) in [5.41, 5.74) is 0.513. The predicted octanol–water partition coefficient (Wildman–Crippen LogP) is 6.99. The molecule has 0 aliphatic heterocycles. The van der Waals surface area contributed by atoms with Crippen molar-refractivity contribution in [3.8, 4) is 0 Å². The summed E-state index contributed by atoms with van der Waals surface area (Å²) in [5.74, 6) is 0.397. The lowest BCUT2D eigenvalue weighted by atomic mass is 10.0. The first-order valence-corrected chi connectivity index (χ1v) is 10.9. The highest BCUT2D eigenvalue weighted by atomic mass is 35.5. The van der Waals surface area contributed by atoms with Crippen molar-refractivity contribution in [3.05, 3.63) is 94.4 Å². The number of carbonyl (C=O) groups excluding carboxylic acids is 1. The molecule has 3 rings (SSSR count). The third-order valence-electron chi connectivity index (χ3n) is 4.02. The molecule has 6 heteroatoms. The number of hydrogen-bond donors (Lipinski definition) is 0. The third-order valence-corrected chi connectivity index (χ3v) is 6.33. The molecule has 0 aliphatic carbocycles. The van der Waals surface area contributed by atoms with Gasteiger partial charge in [0.2, 0.25) is 0 Å². The molecule has 1 atom stereocenters. The lowest BCUT2D eigenvalue weighted by molar-refractivity contribution is 0.0960. The lowest BCUT2D eigenvalue weighted by Crippen LogP contribution is -2.19. The van der Waals surface area contributed by atoms with Crippen molar-refractivity contribution in [2.24, 2.45) is 5.18 Å². The number of Topliss-reactive ketones (excluding diaryl/α,β-unsaturated/α-hetero) is 1. The standard InChI is InChI=1S/C22H18ClNO2S2/c23-17-8-12-18(13-9-17)27-15-14-21(24-26)22(25)16-6-10-20(11-7-16)28-19-4-2-1-3-5-19/h1-13,21H,14-15H2. The highest BCUT2D eigenvalue weighted by Gasteiger charge is 2.20. The summed E-state index contributed by atoms with van der Waals surface area (Å²) in [7, 11) is 0. The number of rotatable bonds is 9. The van der Waals surface area contributed by atoms with Gasteiger partial charge in [-0.25, -0.2) is 0 Å². The Morgan fingerprint density at radius 3 is 2.11 bits per heavy atom. The topological polar surface area (TPSA) is 46.5 Å². The average molecular weight is 428 g/mol. The Morgan fingerprint density at radius 2 is 1.46 bits per heavy atom. The van der Waals surface area contributed by atoms with Gasteiger partial charge in [-0.1, -0.05) is 58.9 Å². The second-order valence-electron chi connectivity index (χ2n) is 6.02. The van der Waals surface area contributed by atoms with E-state index in [0.29, 0.717) is 22.8 Å². The summed E-state index contributed by atoms with van der Waals surface area (Å²) < 4.78 is 0. The van der Waals surface area contributed by atoms with Gasteiger partial charge in [0.25, 0.3) is 0 Å². The normalized spacial score (nSPS) is 11.8. The first kappa shape index (κ1) is 20.6. The molecular weight excluding hydrogens is 410 g/mol. The number of carbonyl (C=O) groups is 1. The number of nitrogens with zero attached hydrogens (tertiary/aromatic N) is 1. The summed E-state index contributed by atoms with van der Waals surface area (Å²) >= 11 is 9.07. The van der Waals surface area contributed by atoms with Gasteiger partial charge in [-0.05, 0) is 55.0 Å². The quantitative estimate of drug-likeness (QED) is 0.209. The van der Waals surface area contributed by atoms with E-state index in [1.165, 1.54) is 0 Å². The van der Waals surface area contributed by atoms with Gasteiger partial charge < -0.3 is 0 Å². The Labute approximate surface area is 177 Å². The largest absolute Gasteiger partial charge is 0.292 e. The number of halogens is 1. The molecule has 28 heavy (non-hydrogen) atoms. The fourth-order valence-corrected chi connectivity index (χ4v) is 4.42. The maximum Gasteiger partial charge on any atom is 0.190 e. The van der Waals surface area contributed by atoms with E-state index in [9.17, 15) is 9.70 Å². The highest BCUT2D eigenvalue weighted by molar-refractivity contribution is 7.99. The van der Waals surface area contributed by atoms with Crippen LogP contribution >= 0.6 is 35.1 Å². The monoisotopic (exact) mass is 427 g/mol. The van der Waals surface area contributed by atoms with Crippen LogP contribution in [0, 0.1) is 4.91 Å². The van der Waals surface area contributed by atoms with E-state index in [0.717, 1.165) is 14.7 Å². The van der Waals surface area contributed by atoms with Crippen molar-refractivity contribution in [2.75, 3.05) is 5.75 Å². The first-order chi connectivity index (χ1) is 13.7. The molecule has 0 aliphatic rings. The Hall–Kier alpha value is -2.08. The second kappa shape index (κ2) is 10.5. The van der Waals surface area contributed by atoms with Gasteiger partial charge in [0, 0.05) is 31.0 Å². The molecule has 0 N–H and O–H groups in total. The van der Waals surface area contributed by atoms with E-state index in [4.69, 9.17) is 11.6 Å². The van der Waals surface area contributed by atoms with E-state index >= 15 is 0 Å². The summed E-state index contributed by atoms with van der Waals surface area (Å²) in [6, 6.07) is 24.0. The molecule has 0 aromatic heterocycles. The summed E-state index contributed by atoms with van der Waals surface area (Å²) in [5, 5.41) is 3.74. The van der Waals surface area contributed by atoms with Gasteiger partial charge in [-0.2, -0.15) is 4.91 Å². The predicted molar refractivity (Wildman–Crippen MR) is 118 cm³/mol. The van der Waals surface area contributed by atoms with Crippen LogP contribution in [0.5, 0.6) is 0 Å². The zero-order valence-electron chi connectivity index (χ0n) is 15.0. The summed E-state index contributed by atoms with van der Waals surface area (Å²) in [6.07, 6.45) is 0.399. The number of nitroso groups, excluding NO2 is 1. The number of benzene rings is 3. The molecule has 0 bridgehead atoms. The third kappa shape index (κ3) is 5.96. The zero-order chi connectivity index (χ0) is 19.8. The van der Waals surface area contributed by atoms with Gasteiger partial charge >= 0.3 is 0 Å². The van der Waals surface area contributed by atoms with Gasteiger partial charge in [-0.15, -0.1) is 11.8 Å². The molecule has 142 valence electrons. The van der Waals surface area contributed by atoms with Gasteiger partial charge in [0.1, 0.15) is 0 Å². The van der Waals surface area contributed by atoms with Crippen molar-refractivity contribution < 1.29 is 4.79 Å². The number of hydrogen-bond acceptors (Lipinski definition) is 5. The maximum atomic E-state index is 12.6. The molecule has 0 amide bonds. The highest BCUT2D eigenvalue weighted by Crippen LogP contribution is 2.28. The zero-order valence-corrected chi connectivity index (χ0v) is 17.3. The van der Waals surface area contributed by atoms with Crippen LogP contribution < -0.4 is 0 Å². The molecule has 0 saturated carbocycles. The average Bonchev–Trinajstić information content (AvgIpc) is 2.73. The molecule has 0 heterocycles. The van der Waals surface area contributed by atoms with Crippen LogP contribution in [0.25, 0.3) is 0 Å². The van der Waals surface area contributed by atoms with Gasteiger partial charge in [0.05, 0.1) is 0 Å². The lowest BCUT2D eigenvalue weighted by Gasteiger charge is -2.09. The van der Waals surface area contributed by atoms with Crippen LogP contribution in [0.4, 0.5) is 0 Å². The van der Waals surface area contributed by atoms with Crippen LogP contribution in [-0.2, 0) is 0 Å². The van der Waals surface area contributed by atoms with Crippen molar-refractivity contribution in [2.45, 2.75) is 27.1 Å². The molecule has 3 nitrogen and oxygen atoms in total. The smallest absolute Gasteiger partial charge is 0.190 e. The maximum absolute atomic E-state index is 12.6. The van der Waals surface area contributed by atoms with Crippen LogP contribution in [0.1, 0.15) is 16.8 Å². The van der Waals surface area contributed by atoms with E-state index in [2.05, 4.69) is 5.18 Å². The fourth-order valence-electron chi connectivity index (χ4n) is 2.56.